The van der Waals surface area contributed by atoms with Gasteiger partial charge in [0, 0.05) is 0 Å². The summed E-state index contributed by atoms with van der Waals surface area (Å²) in [4.78, 5) is 0. The quantitative estimate of drug-likeness (QED) is 0.386. The van der Waals surface area contributed by atoms with Gasteiger partial charge in [0.25, 0.3) is 0 Å². The zero-order valence-electron chi connectivity index (χ0n) is 4.58. The predicted octanol–water partition coefficient (Wildman–Crippen LogP) is -1.73. The number of aliphatic hydroxyl groups excluding tert-OH is 2. The van der Waals surface area contributed by atoms with E-state index in [1.165, 1.54) is 0 Å². The standard InChI is InChI=1S/C4H11NO3/c5-3-8-4(1-6)2-7/h4,6-7H,1-3,5H2. The highest BCUT2D eigenvalue weighted by Gasteiger charge is 2.01. The normalized spacial score (nSPS) is 10.5. The molecule has 0 spiro atoms. The molecule has 0 aliphatic rings. The van der Waals surface area contributed by atoms with E-state index in [2.05, 4.69) is 4.74 Å². The fraction of sp³-hybridized carbons (Fsp3) is 1.00. The highest BCUT2D eigenvalue weighted by atomic mass is 16.5. The molecule has 0 unspecified atom stereocenters. The third-order valence-corrected chi connectivity index (χ3v) is 0.739. The van der Waals surface area contributed by atoms with Gasteiger partial charge < -0.3 is 20.7 Å². The summed E-state index contributed by atoms with van der Waals surface area (Å²) in [6.45, 7) is -0.340. The monoisotopic (exact) mass is 121 g/mol. The largest absolute Gasteiger partial charge is 0.394 e. The Labute approximate surface area is 47.9 Å². The SMILES string of the molecule is NCOC(CO)CO. The molecule has 0 aromatic heterocycles. The number of rotatable bonds is 4. The minimum atomic E-state index is -0.514. The maximum atomic E-state index is 8.32. The van der Waals surface area contributed by atoms with Crippen LogP contribution in [0.3, 0.4) is 0 Å². The Bertz CT molecular complexity index is 46.5. The minimum absolute atomic E-state index is 0.0335. The van der Waals surface area contributed by atoms with E-state index in [4.69, 9.17) is 15.9 Å². The van der Waals surface area contributed by atoms with Gasteiger partial charge in [-0.25, -0.2) is 0 Å². The van der Waals surface area contributed by atoms with Crippen LogP contribution in [0.15, 0.2) is 0 Å². The Hall–Kier alpha value is -0.160. The minimum Gasteiger partial charge on any atom is -0.394 e. The van der Waals surface area contributed by atoms with Crippen molar-refractivity contribution < 1.29 is 14.9 Å². The van der Waals surface area contributed by atoms with E-state index in [0.29, 0.717) is 0 Å². The first-order valence-corrected chi connectivity index (χ1v) is 2.38. The van der Waals surface area contributed by atoms with Crippen molar-refractivity contribution in [2.24, 2.45) is 5.73 Å². The molecular weight excluding hydrogens is 110 g/mol. The van der Waals surface area contributed by atoms with Gasteiger partial charge >= 0.3 is 0 Å². The molecule has 0 saturated carbocycles. The first-order valence-electron chi connectivity index (χ1n) is 2.38. The van der Waals surface area contributed by atoms with Gasteiger partial charge in [-0.3, -0.25) is 0 Å². The average molecular weight is 121 g/mol. The molecular formula is C4H11NO3. The van der Waals surface area contributed by atoms with Crippen LogP contribution in [0.25, 0.3) is 0 Å². The molecule has 4 nitrogen and oxygen atoms in total. The molecule has 4 N–H and O–H groups in total. The number of hydrogen-bond acceptors (Lipinski definition) is 4. The summed E-state index contributed by atoms with van der Waals surface area (Å²) >= 11 is 0. The molecule has 50 valence electrons. The Morgan fingerprint density at radius 1 is 1.38 bits per heavy atom. The zero-order valence-corrected chi connectivity index (χ0v) is 4.58. The summed E-state index contributed by atoms with van der Waals surface area (Å²) in [6.07, 6.45) is -0.514. The summed E-state index contributed by atoms with van der Waals surface area (Å²) in [6, 6.07) is 0. The maximum Gasteiger partial charge on any atom is 0.105 e. The Balaban J connectivity index is 3.07. The Morgan fingerprint density at radius 2 is 1.88 bits per heavy atom. The third kappa shape index (κ3) is 2.92. The topological polar surface area (TPSA) is 75.7 Å². The van der Waals surface area contributed by atoms with Crippen LogP contribution >= 0.6 is 0 Å². The van der Waals surface area contributed by atoms with Gasteiger partial charge in [0.15, 0.2) is 0 Å². The second-order valence-electron chi connectivity index (χ2n) is 1.32. The summed E-state index contributed by atoms with van der Waals surface area (Å²) in [5.41, 5.74) is 4.94. The smallest absolute Gasteiger partial charge is 0.105 e. The van der Waals surface area contributed by atoms with Crippen molar-refractivity contribution in [2.45, 2.75) is 6.10 Å². The molecule has 0 saturated heterocycles. The van der Waals surface area contributed by atoms with Crippen LogP contribution in [-0.2, 0) is 4.74 Å². The van der Waals surface area contributed by atoms with Crippen LogP contribution < -0.4 is 5.73 Å². The van der Waals surface area contributed by atoms with E-state index in [0.717, 1.165) is 0 Å². The number of nitrogens with two attached hydrogens (primary N) is 1. The van der Waals surface area contributed by atoms with E-state index < -0.39 is 6.10 Å². The Kier molecular flexibility index (Phi) is 4.89. The van der Waals surface area contributed by atoms with E-state index in [1.807, 2.05) is 0 Å². The van der Waals surface area contributed by atoms with Crippen molar-refractivity contribution >= 4 is 0 Å². The summed E-state index contributed by atoms with van der Waals surface area (Å²) in [7, 11) is 0. The van der Waals surface area contributed by atoms with Crippen LogP contribution in [0.1, 0.15) is 0 Å². The fourth-order valence-corrected chi connectivity index (χ4v) is 0.299. The number of aliphatic hydroxyl groups is 2. The lowest BCUT2D eigenvalue weighted by Gasteiger charge is -2.08. The third-order valence-electron chi connectivity index (χ3n) is 0.739. The molecule has 8 heavy (non-hydrogen) atoms. The average Bonchev–Trinajstić information content (AvgIpc) is 1.83. The van der Waals surface area contributed by atoms with Gasteiger partial charge in [0.05, 0.1) is 19.9 Å². The first kappa shape index (κ1) is 7.84. The molecule has 0 radical (unpaired) electrons. The van der Waals surface area contributed by atoms with Crippen molar-refractivity contribution in [2.75, 3.05) is 19.9 Å². The van der Waals surface area contributed by atoms with Crippen molar-refractivity contribution in [3.63, 3.8) is 0 Å². The van der Waals surface area contributed by atoms with Gasteiger partial charge in [0.2, 0.25) is 0 Å². The molecule has 4 heteroatoms. The van der Waals surface area contributed by atoms with Crippen LogP contribution in [0.4, 0.5) is 0 Å². The highest BCUT2D eigenvalue weighted by molar-refractivity contribution is 4.49. The van der Waals surface area contributed by atoms with Gasteiger partial charge in [-0.2, -0.15) is 0 Å². The molecule has 0 heterocycles. The van der Waals surface area contributed by atoms with Crippen LogP contribution in [0, 0.1) is 0 Å². The Morgan fingerprint density at radius 3 is 2.00 bits per heavy atom. The predicted molar refractivity (Wildman–Crippen MR) is 28.1 cm³/mol. The lowest BCUT2D eigenvalue weighted by atomic mass is 10.4. The lowest BCUT2D eigenvalue weighted by molar-refractivity contribution is -0.0168. The molecule has 0 rings (SSSR count). The summed E-state index contributed by atoms with van der Waals surface area (Å²) in [5, 5.41) is 16.6. The van der Waals surface area contributed by atoms with Crippen molar-refractivity contribution in [1.82, 2.24) is 0 Å². The molecule has 0 atom stereocenters. The second kappa shape index (κ2) is 4.99. The lowest BCUT2D eigenvalue weighted by Crippen LogP contribution is -2.24. The van der Waals surface area contributed by atoms with E-state index in [9.17, 15) is 0 Å². The maximum absolute atomic E-state index is 8.32. The fourth-order valence-electron chi connectivity index (χ4n) is 0.299. The number of ether oxygens (including phenoxy) is 1. The van der Waals surface area contributed by atoms with Crippen molar-refractivity contribution in [3.8, 4) is 0 Å². The zero-order chi connectivity index (χ0) is 6.41. The molecule has 0 aromatic rings. The first-order chi connectivity index (χ1) is 3.85. The van der Waals surface area contributed by atoms with E-state index in [1.54, 1.807) is 0 Å². The van der Waals surface area contributed by atoms with Gasteiger partial charge in [-0.05, 0) is 0 Å². The summed E-state index contributed by atoms with van der Waals surface area (Å²) < 4.78 is 4.62. The molecule has 0 amide bonds. The van der Waals surface area contributed by atoms with Gasteiger partial charge in [-0.1, -0.05) is 0 Å². The van der Waals surface area contributed by atoms with Gasteiger partial charge in [-0.15, -0.1) is 0 Å². The second-order valence-corrected chi connectivity index (χ2v) is 1.32. The van der Waals surface area contributed by atoms with Gasteiger partial charge in [0.1, 0.15) is 6.10 Å². The molecule has 0 aromatic carbocycles. The van der Waals surface area contributed by atoms with Crippen LogP contribution in [-0.4, -0.2) is 36.3 Å². The molecule has 0 aliphatic heterocycles. The molecule has 0 aliphatic carbocycles. The van der Waals surface area contributed by atoms with Crippen molar-refractivity contribution in [3.05, 3.63) is 0 Å². The number of hydrogen-bond donors (Lipinski definition) is 3. The van der Waals surface area contributed by atoms with Crippen LogP contribution in [0.5, 0.6) is 0 Å². The molecule has 0 bridgehead atoms. The van der Waals surface area contributed by atoms with Crippen LogP contribution in [0.2, 0.25) is 0 Å². The van der Waals surface area contributed by atoms with E-state index in [-0.39, 0.29) is 19.9 Å². The van der Waals surface area contributed by atoms with E-state index >= 15 is 0 Å². The van der Waals surface area contributed by atoms with Crippen molar-refractivity contribution in [1.29, 1.82) is 0 Å². The highest BCUT2D eigenvalue weighted by Crippen LogP contribution is 1.84. The molecule has 0 fully saturated rings. The summed E-state index contributed by atoms with van der Waals surface area (Å²) in [5.74, 6) is 0.